The standard InChI is InChI=1S/C26H46O/c1-5-13-21(14-6-1)25(22-15-7-2-8-16-22)27-26(23-17-9-3-10-18-23)24-19-11-4-12-20-24/h21-26H,1-20H2. The van der Waals surface area contributed by atoms with Crippen LogP contribution in [0.1, 0.15) is 128 Å². The number of hydrogen-bond donors (Lipinski definition) is 0. The zero-order valence-corrected chi connectivity index (χ0v) is 18.0. The normalized spacial score (nSPS) is 28.2. The maximum Gasteiger partial charge on any atom is 0.0635 e. The molecule has 0 atom stereocenters. The molecule has 0 aromatic carbocycles. The molecule has 0 spiro atoms. The summed E-state index contributed by atoms with van der Waals surface area (Å²) in [4.78, 5) is 0. The van der Waals surface area contributed by atoms with E-state index in [9.17, 15) is 0 Å². The van der Waals surface area contributed by atoms with E-state index in [4.69, 9.17) is 4.74 Å². The second-order valence-corrected chi connectivity index (χ2v) is 10.7. The quantitative estimate of drug-likeness (QED) is 0.457. The van der Waals surface area contributed by atoms with Crippen LogP contribution in [0, 0.1) is 23.7 Å². The second kappa shape index (κ2) is 10.7. The number of hydrogen-bond acceptors (Lipinski definition) is 1. The fourth-order valence-corrected chi connectivity index (χ4v) is 7.25. The molecule has 0 aromatic heterocycles. The van der Waals surface area contributed by atoms with Crippen molar-refractivity contribution in [3.8, 4) is 0 Å². The zero-order chi connectivity index (χ0) is 18.3. The molecule has 4 aliphatic rings. The predicted octanol–water partition coefficient (Wildman–Crippen LogP) is 8.06. The summed E-state index contributed by atoms with van der Waals surface area (Å²) in [5, 5.41) is 0. The van der Waals surface area contributed by atoms with Crippen LogP contribution in [0.4, 0.5) is 0 Å². The Labute approximate surface area is 169 Å². The van der Waals surface area contributed by atoms with Gasteiger partial charge in [-0.2, -0.15) is 0 Å². The lowest BCUT2D eigenvalue weighted by atomic mass is 9.73. The molecule has 0 heterocycles. The Balaban J connectivity index is 1.49. The summed E-state index contributed by atoms with van der Waals surface area (Å²) in [6.45, 7) is 0. The third-order valence-corrected chi connectivity index (χ3v) is 8.77. The van der Waals surface area contributed by atoms with Crippen molar-refractivity contribution in [2.45, 2.75) is 141 Å². The van der Waals surface area contributed by atoms with E-state index >= 15 is 0 Å². The SMILES string of the molecule is C1CCC(C(OC(C2CCCCC2)C2CCCCC2)C2CCCCC2)CC1. The highest BCUT2D eigenvalue weighted by Crippen LogP contribution is 2.43. The monoisotopic (exact) mass is 374 g/mol. The third kappa shape index (κ3) is 5.52. The zero-order valence-electron chi connectivity index (χ0n) is 18.0. The van der Waals surface area contributed by atoms with Crippen LogP contribution < -0.4 is 0 Å². The summed E-state index contributed by atoms with van der Waals surface area (Å²) in [7, 11) is 0. The summed E-state index contributed by atoms with van der Waals surface area (Å²) in [5.41, 5.74) is 0. The molecule has 0 unspecified atom stereocenters. The summed E-state index contributed by atoms with van der Waals surface area (Å²) < 4.78 is 7.41. The molecule has 4 rings (SSSR count). The van der Waals surface area contributed by atoms with Gasteiger partial charge in [-0.25, -0.2) is 0 Å². The van der Waals surface area contributed by atoms with Gasteiger partial charge in [0, 0.05) is 0 Å². The van der Waals surface area contributed by atoms with Gasteiger partial charge in [0.25, 0.3) is 0 Å². The Hall–Kier alpha value is -0.0400. The van der Waals surface area contributed by atoms with Crippen molar-refractivity contribution in [3.05, 3.63) is 0 Å². The van der Waals surface area contributed by atoms with Crippen LogP contribution in [0.25, 0.3) is 0 Å². The van der Waals surface area contributed by atoms with Gasteiger partial charge < -0.3 is 4.74 Å². The third-order valence-electron chi connectivity index (χ3n) is 8.77. The Morgan fingerprint density at radius 1 is 0.333 bits per heavy atom. The molecule has 0 aliphatic heterocycles. The van der Waals surface area contributed by atoms with Gasteiger partial charge in [-0.3, -0.25) is 0 Å². The van der Waals surface area contributed by atoms with E-state index in [2.05, 4.69) is 0 Å². The Kier molecular flexibility index (Phi) is 7.99. The molecule has 156 valence electrons. The van der Waals surface area contributed by atoms with Crippen molar-refractivity contribution in [1.82, 2.24) is 0 Å². The minimum atomic E-state index is 0.611. The highest BCUT2D eigenvalue weighted by atomic mass is 16.5. The summed E-state index contributed by atoms with van der Waals surface area (Å²) in [5.74, 6) is 3.54. The molecule has 0 aromatic rings. The Morgan fingerprint density at radius 3 is 0.778 bits per heavy atom. The van der Waals surface area contributed by atoms with Crippen molar-refractivity contribution in [2.75, 3.05) is 0 Å². The average molecular weight is 375 g/mol. The van der Waals surface area contributed by atoms with Crippen LogP contribution in [0.3, 0.4) is 0 Å². The van der Waals surface area contributed by atoms with Gasteiger partial charge >= 0.3 is 0 Å². The van der Waals surface area contributed by atoms with E-state index in [0.717, 1.165) is 23.7 Å². The van der Waals surface area contributed by atoms with E-state index in [1.54, 1.807) is 0 Å². The van der Waals surface area contributed by atoms with Gasteiger partial charge in [-0.15, -0.1) is 0 Å². The van der Waals surface area contributed by atoms with Crippen molar-refractivity contribution in [2.24, 2.45) is 23.7 Å². The van der Waals surface area contributed by atoms with E-state index in [0.29, 0.717) is 12.2 Å². The topological polar surface area (TPSA) is 9.23 Å². The molecule has 4 aliphatic carbocycles. The highest BCUT2D eigenvalue weighted by molar-refractivity contribution is 4.88. The molecular formula is C26H46O. The minimum absolute atomic E-state index is 0.611. The van der Waals surface area contributed by atoms with Gasteiger partial charge in [0.2, 0.25) is 0 Å². The molecule has 0 N–H and O–H groups in total. The fraction of sp³-hybridized carbons (Fsp3) is 1.00. The maximum atomic E-state index is 7.41. The largest absolute Gasteiger partial charge is 0.374 e. The van der Waals surface area contributed by atoms with E-state index in [1.165, 1.54) is 128 Å². The summed E-state index contributed by atoms with van der Waals surface area (Å²) in [6.07, 6.45) is 30.5. The molecule has 0 radical (unpaired) electrons. The van der Waals surface area contributed by atoms with Crippen LogP contribution in [0.15, 0.2) is 0 Å². The molecule has 0 amide bonds. The smallest absolute Gasteiger partial charge is 0.0635 e. The molecule has 1 nitrogen and oxygen atoms in total. The van der Waals surface area contributed by atoms with Gasteiger partial charge in [0.05, 0.1) is 12.2 Å². The van der Waals surface area contributed by atoms with Crippen LogP contribution in [-0.2, 0) is 4.74 Å². The first-order chi connectivity index (χ1) is 13.4. The first-order valence-corrected chi connectivity index (χ1v) is 13.1. The molecule has 0 bridgehead atoms. The fourth-order valence-electron chi connectivity index (χ4n) is 7.25. The summed E-state index contributed by atoms with van der Waals surface area (Å²) >= 11 is 0. The average Bonchev–Trinajstić information content (AvgIpc) is 2.77. The van der Waals surface area contributed by atoms with Gasteiger partial charge in [0.15, 0.2) is 0 Å². The first kappa shape index (κ1) is 20.2. The molecule has 4 fully saturated rings. The lowest BCUT2D eigenvalue weighted by Crippen LogP contribution is -2.43. The molecule has 27 heavy (non-hydrogen) atoms. The van der Waals surface area contributed by atoms with Crippen LogP contribution in [0.5, 0.6) is 0 Å². The number of rotatable bonds is 6. The Morgan fingerprint density at radius 2 is 0.556 bits per heavy atom. The van der Waals surface area contributed by atoms with Crippen molar-refractivity contribution < 1.29 is 4.74 Å². The minimum Gasteiger partial charge on any atom is -0.374 e. The second-order valence-electron chi connectivity index (χ2n) is 10.7. The molecular weight excluding hydrogens is 328 g/mol. The van der Waals surface area contributed by atoms with Gasteiger partial charge in [0.1, 0.15) is 0 Å². The number of ether oxygens (including phenoxy) is 1. The Bertz CT molecular complexity index is 320. The first-order valence-electron chi connectivity index (χ1n) is 13.1. The van der Waals surface area contributed by atoms with E-state index in [-0.39, 0.29) is 0 Å². The predicted molar refractivity (Wildman–Crippen MR) is 115 cm³/mol. The maximum absolute atomic E-state index is 7.41. The van der Waals surface area contributed by atoms with E-state index in [1.807, 2.05) is 0 Å². The van der Waals surface area contributed by atoms with E-state index < -0.39 is 0 Å². The lowest BCUT2D eigenvalue weighted by Gasteiger charge is -2.45. The molecule has 4 saturated carbocycles. The van der Waals surface area contributed by atoms with Crippen molar-refractivity contribution in [1.29, 1.82) is 0 Å². The highest BCUT2D eigenvalue weighted by Gasteiger charge is 2.39. The molecule has 1 heteroatoms. The van der Waals surface area contributed by atoms with Crippen LogP contribution in [0.2, 0.25) is 0 Å². The van der Waals surface area contributed by atoms with Crippen molar-refractivity contribution in [3.63, 3.8) is 0 Å². The van der Waals surface area contributed by atoms with Gasteiger partial charge in [-0.1, -0.05) is 77.0 Å². The van der Waals surface area contributed by atoms with Crippen LogP contribution in [-0.4, -0.2) is 12.2 Å². The summed E-state index contributed by atoms with van der Waals surface area (Å²) in [6, 6.07) is 0. The lowest BCUT2D eigenvalue weighted by molar-refractivity contribution is -0.136. The molecule has 0 saturated heterocycles. The van der Waals surface area contributed by atoms with Crippen LogP contribution >= 0.6 is 0 Å². The van der Waals surface area contributed by atoms with Crippen molar-refractivity contribution >= 4 is 0 Å². The van der Waals surface area contributed by atoms with Gasteiger partial charge in [-0.05, 0) is 75.0 Å².